The van der Waals surface area contributed by atoms with Crippen LogP contribution in [0.25, 0.3) is 5.69 Å². The fourth-order valence-electron chi connectivity index (χ4n) is 3.11. The summed E-state index contributed by atoms with van der Waals surface area (Å²) in [6, 6.07) is 16.9. The van der Waals surface area contributed by atoms with Crippen molar-refractivity contribution in [2.75, 3.05) is 0 Å². The second kappa shape index (κ2) is 8.42. The van der Waals surface area contributed by atoms with Gasteiger partial charge < -0.3 is 5.32 Å². The Bertz CT molecular complexity index is 1030. The van der Waals surface area contributed by atoms with Crippen molar-refractivity contribution < 1.29 is 4.79 Å². The molecule has 0 aliphatic carbocycles. The summed E-state index contributed by atoms with van der Waals surface area (Å²) in [7, 11) is 0. The van der Waals surface area contributed by atoms with Gasteiger partial charge in [-0.05, 0) is 40.6 Å². The largest absolute Gasteiger partial charge is 0.348 e. The molecule has 0 aliphatic heterocycles. The zero-order valence-corrected chi connectivity index (χ0v) is 15.8. The van der Waals surface area contributed by atoms with Crippen molar-refractivity contribution in [3.05, 3.63) is 84.7 Å². The van der Waals surface area contributed by atoms with Crippen molar-refractivity contribution in [1.82, 2.24) is 40.3 Å². The maximum Gasteiger partial charge on any atom is 0.245 e. The minimum atomic E-state index is -0.538. The Hall–Kier alpha value is -3.88. The molecule has 29 heavy (non-hydrogen) atoms. The first kappa shape index (κ1) is 18.5. The molecule has 2 heterocycles. The van der Waals surface area contributed by atoms with Crippen molar-refractivity contribution in [3.8, 4) is 5.69 Å². The maximum atomic E-state index is 13.0. The number of nitrogens with zero attached hydrogens (tertiary/aromatic N) is 7. The van der Waals surface area contributed by atoms with E-state index in [1.54, 1.807) is 11.0 Å². The van der Waals surface area contributed by atoms with Crippen LogP contribution in [-0.4, -0.2) is 40.9 Å². The molecule has 0 aliphatic rings. The van der Waals surface area contributed by atoms with Gasteiger partial charge >= 0.3 is 0 Å². The number of hydrogen-bond donors (Lipinski definition) is 1. The van der Waals surface area contributed by atoms with Gasteiger partial charge in [-0.3, -0.25) is 4.79 Å². The highest BCUT2D eigenvalue weighted by atomic mass is 16.2. The molecule has 2 unspecified atom stereocenters. The monoisotopic (exact) mass is 388 g/mol. The summed E-state index contributed by atoms with van der Waals surface area (Å²) >= 11 is 0. The molecule has 1 amide bonds. The standard InChI is InChI=1S/C20H20N8O/c1-15(17-7-9-18(10-8-17)27-13-21-12-23-27)24-20(29)19(28-14-22-25-26-28)11-16-5-3-2-4-6-16/h2-10,12-15,19H,11H2,1H3,(H,24,29). The molecule has 0 radical (unpaired) electrons. The lowest BCUT2D eigenvalue weighted by Crippen LogP contribution is -2.35. The van der Waals surface area contributed by atoms with Gasteiger partial charge in [0.25, 0.3) is 0 Å². The summed E-state index contributed by atoms with van der Waals surface area (Å²) in [5.74, 6) is -0.144. The van der Waals surface area contributed by atoms with Crippen LogP contribution in [0.1, 0.15) is 30.1 Å². The number of benzene rings is 2. The van der Waals surface area contributed by atoms with E-state index in [1.807, 2.05) is 61.5 Å². The van der Waals surface area contributed by atoms with E-state index >= 15 is 0 Å². The second-order valence-electron chi connectivity index (χ2n) is 6.66. The number of hydrogen-bond acceptors (Lipinski definition) is 6. The predicted molar refractivity (Wildman–Crippen MR) is 105 cm³/mol. The van der Waals surface area contributed by atoms with Crippen molar-refractivity contribution in [2.45, 2.75) is 25.4 Å². The van der Waals surface area contributed by atoms with Gasteiger partial charge in [-0.15, -0.1) is 5.10 Å². The van der Waals surface area contributed by atoms with E-state index in [0.29, 0.717) is 6.42 Å². The molecule has 4 rings (SSSR count). The molecule has 9 nitrogen and oxygen atoms in total. The lowest BCUT2D eigenvalue weighted by Gasteiger charge is -2.20. The number of nitrogens with one attached hydrogen (secondary N) is 1. The Kier molecular flexibility index (Phi) is 5.37. The molecule has 0 bridgehead atoms. The number of carbonyl (C=O) groups is 1. The summed E-state index contributed by atoms with van der Waals surface area (Å²) in [4.78, 5) is 17.0. The molecule has 2 atom stereocenters. The summed E-state index contributed by atoms with van der Waals surface area (Å²) in [5.41, 5.74) is 2.92. The number of tetrazole rings is 1. The third-order valence-electron chi connectivity index (χ3n) is 4.69. The fraction of sp³-hybridized carbons (Fsp3) is 0.200. The molecule has 0 saturated carbocycles. The lowest BCUT2D eigenvalue weighted by atomic mass is 10.0. The van der Waals surface area contributed by atoms with Crippen molar-refractivity contribution in [2.24, 2.45) is 0 Å². The third kappa shape index (κ3) is 4.34. The zero-order valence-electron chi connectivity index (χ0n) is 15.8. The Morgan fingerprint density at radius 1 is 1.07 bits per heavy atom. The van der Waals surface area contributed by atoms with Gasteiger partial charge in [-0.25, -0.2) is 14.3 Å². The molecule has 9 heteroatoms. The Labute approximate surface area is 167 Å². The number of aromatic nitrogens is 7. The number of rotatable bonds is 7. The van der Waals surface area contributed by atoms with Gasteiger partial charge in [-0.2, -0.15) is 5.10 Å². The fourth-order valence-corrected chi connectivity index (χ4v) is 3.11. The van der Waals surface area contributed by atoms with Gasteiger partial charge in [-0.1, -0.05) is 42.5 Å². The van der Waals surface area contributed by atoms with Crippen LogP contribution in [0.2, 0.25) is 0 Å². The maximum absolute atomic E-state index is 13.0. The van der Waals surface area contributed by atoms with Crippen LogP contribution in [0.4, 0.5) is 0 Å². The van der Waals surface area contributed by atoms with Crippen LogP contribution in [0.5, 0.6) is 0 Å². The topological polar surface area (TPSA) is 103 Å². The van der Waals surface area contributed by atoms with Gasteiger partial charge in [0.15, 0.2) is 0 Å². The van der Waals surface area contributed by atoms with E-state index in [0.717, 1.165) is 16.8 Å². The van der Waals surface area contributed by atoms with Crippen LogP contribution in [0, 0.1) is 0 Å². The summed E-state index contributed by atoms with van der Waals surface area (Å²) in [6.07, 6.45) is 5.09. The van der Waals surface area contributed by atoms with E-state index in [9.17, 15) is 4.79 Å². The van der Waals surface area contributed by atoms with Crippen LogP contribution < -0.4 is 5.32 Å². The SMILES string of the molecule is CC(NC(=O)C(Cc1ccccc1)n1cnnn1)c1ccc(-n2cncn2)cc1. The minimum Gasteiger partial charge on any atom is -0.348 e. The first-order chi connectivity index (χ1) is 14.2. The van der Waals surface area contributed by atoms with Gasteiger partial charge in [0.2, 0.25) is 5.91 Å². The Morgan fingerprint density at radius 2 is 1.86 bits per heavy atom. The Balaban J connectivity index is 1.48. The number of amides is 1. The summed E-state index contributed by atoms with van der Waals surface area (Å²) in [6.45, 7) is 1.95. The van der Waals surface area contributed by atoms with E-state index < -0.39 is 6.04 Å². The van der Waals surface area contributed by atoms with Gasteiger partial charge in [0.1, 0.15) is 25.0 Å². The molecule has 0 spiro atoms. The summed E-state index contributed by atoms with van der Waals surface area (Å²) < 4.78 is 3.17. The average Bonchev–Trinajstić information content (AvgIpc) is 3.47. The van der Waals surface area contributed by atoms with E-state index in [-0.39, 0.29) is 11.9 Å². The molecular weight excluding hydrogens is 368 g/mol. The molecule has 0 fully saturated rings. The molecule has 1 N–H and O–H groups in total. The van der Waals surface area contributed by atoms with Crippen LogP contribution in [-0.2, 0) is 11.2 Å². The van der Waals surface area contributed by atoms with Crippen LogP contribution in [0.15, 0.2) is 73.6 Å². The van der Waals surface area contributed by atoms with Gasteiger partial charge in [0.05, 0.1) is 11.7 Å². The smallest absolute Gasteiger partial charge is 0.245 e. The van der Waals surface area contributed by atoms with Crippen LogP contribution >= 0.6 is 0 Å². The molecule has 0 saturated heterocycles. The molecule has 146 valence electrons. The highest BCUT2D eigenvalue weighted by Crippen LogP contribution is 2.18. The quantitative estimate of drug-likeness (QED) is 0.519. The molecule has 4 aromatic rings. The number of carbonyl (C=O) groups excluding carboxylic acids is 1. The highest BCUT2D eigenvalue weighted by Gasteiger charge is 2.24. The lowest BCUT2D eigenvalue weighted by molar-refractivity contribution is -0.125. The van der Waals surface area contributed by atoms with Crippen molar-refractivity contribution in [1.29, 1.82) is 0 Å². The zero-order chi connectivity index (χ0) is 20.1. The van der Waals surface area contributed by atoms with Crippen LogP contribution in [0.3, 0.4) is 0 Å². The Morgan fingerprint density at radius 3 is 2.52 bits per heavy atom. The second-order valence-corrected chi connectivity index (χ2v) is 6.66. The minimum absolute atomic E-state index is 0.144. The first-order valence-corrected chi connectivity index (χ1v) is 9.22. The van der Waals surface area contributed by atoms with E-state index in [1.165, 1.54) is 17.3 Å². The molecule has 2 aromatic heterocycles. The van der Waals surface area contributed by atoms with Crippen molar-refractivity contribution in [3.63, 3.8) is 0 Å². The predicted octanol–water partition coefficient (Wildman–Crippen LogP) is 1.91. The molecular formula is C20H20N8O. The van der Waals surface area contributed by atoms with E-state index in [2.05, 4.69) is 30.9 Å². The third-order valence-corrected chi connectivity index (χ3v) is 4.69. The average molecular weight is 388 g/mol. The van der Waals surface area contributed by atoms with E-state index in [4.69, 9.17) is 0 Å². The summed E-state index contributed by atoms with van der Waals surface area (Å²) in [5, 5.41) is 18.5. The van der Waals surface area contributed by atoms with Crippen molar-refractivity contribution >= 4 is 5.91 Å². The highest BCUT2D eigenvalue weighted by molar-refractivity contribution is 5.81. The normalized spacial score (nSPS) is 13.0. The first-order valence-electron chi connectivity index (χ1n) is 9.22. The molecule has 2 aromatic carbocycles. The van der Waals surface area contributed by atoms with Gasteiger partial charge in [0, 0.05) is 6.42 Å².